The van der Waals surface area contributed by atoms with E-state index in [1.807, 2.05) is 29.2 Å². The predicted octanol–water partition coefficient (Wildman–Crippen LogP) is 2.35. The van der Waals surface area contributed by atoms with Crippen LogP contribution in [0, 0.1) is 0 Å². The first kappa shape index (κ1) is 18.7. The molecule has 1 aliphatic heterocycles. The molecule has 0 spiro atoms. The predicted molar refractivity (Wildman–Crippen MR) is 112 cm³/mol. The molecule has 3 heterocycles. The van der Waals surface area contributed by atoms with Crippen LogP contribution in [0.3, 0.4) is 0 Å². The molecule has 154 valence electrons. The number of hydrogen-bond donors (Lipinski definition) is 1. The third-order valence-electron chi connectivity index (χ3n) is 5.70. The zero-order valence-corrected chi connectivity index (χ0v) is 16.7. The number of ether oxygens (including phenoxy) is 2. The van der Waals surface area contributed by atoms with Gasteiger partial charge in [0.05, 0.1) is 31.4 Å². The second-order valence-corrected chi connectivity index (χ2v) is 7.47. The highest BCUT2D eigenvalue weighted by Gasteiger charge is 2.29. The Morgan fingerprint density at radius 1 is 1.07 bits per heavy atom. The van der Waals surface area contributed by atoms with E-state index in [4.69, 9.17) is 9.47 Å². The summed E-state index contributed by atoms with van der Waals surface area (Å²) in [4.78, 5) is 40.4. The fourth-order valence-electron chi connectivity index (χ4n) is 4.28. The number of methoxy groups -OCH3 is 1. The van der Waals surface area contributed by atoms with Gasteiger partial charge in [0.15, 0.2) is 11.4 Å². The summed E-state index contributed by atoms with van der Waals surface area (Å²) >= 11 is 0. The number of benzene rings is 1. The average Bonchev–Trinajstić information content (AvgIpc) is 2.78. The Kier molecular flexibility index (Phi) is 4.71. The van der Waals surface area contributed by atoms with Gasteiger partial charge in [-0.25, -0.2) is 4.98 Å². The zero-order valence-electron chi connectivity index (χ0n) is 16.7. The lowest BCUT2D eigenvalue weighted by molar-refractivity contribution is 0.0972. The summed E-state index contributed by atoms with van der Waals surface area (Å²) < 4.78 is 10.9. The van der Waals surface area contributed by atoms with Gasteiger partial charge < -0.3 is 14.4 Å². The lowest BCUT2D eigenvalue weighted by atomic mass is 9.86. The molecule has 1 aliphatic carbocycles. The molecule has 0 bridgehead atoms. The van der Waals surface area contributed by atoms with Gasteiger partial charge in [-0.15, -0.1) is 0 Å². The van der Waals surface area contributed by atoms with Crippen molar-refractivity contribution in [3.63, 3.8) is 0 Å². The Hall–Kier alpha value is -3.26. The van der Waals surface area contributed by atoms with Crippen LogP contribution in [0.2, 0.25) is 0 Å². The van der Waals surface area contributed by atoms with E-state index in [2.05, 4.69) is 15.0 Å². The molecule has 1 aromatic carbocycles. The number of fused-ring (bicyclic) bond motifs is 2. The minimum absolute atomic E-state index is 0.00297. The second kappa shape index (κ2) is 7.53. The number of nitrogens with one attached hydrogen (secondary N) is 1. The van der Waals surface area contributed by atoms with E-state index < -0.39 is 0 Å². The van der Waals surface area contributed by atoms with Crippen LogP contribution >= 0.6 is 0 Å². The number of para-hydroxylation sites is 1. The fourth-order valence-corrected chi connectivity index (χ4v) is 4.28. The molecule has 5 rings (SSSR count). The van der Waals surface area contributed by atoms with Crippen molar-refractivity contribution in [2.24, 2.45) is 0 Å². The molecule has 3 aromatic rings. The minimum Gasteiger partial charge on any atom is -0.496 e. The third-order valence-corrected chi connectivity index (χ3v) is 5.70. The molecule has 0 radical (unpaired) electrons. The van der Waals surface area contributed by atoms with Crippen LogP contribution in [-0.2, 0) is 11.2 Å². The van der Waals surface area contributed by atoms with Crippen molar-refractivity contribution in [1.82, 2.24) is 15.0 Å². The van der Waals surface area contributed by atoms with E-state index >= 15 is 0 Å². The summed E-state index contributed by atoms with van der Waals surface area (Å²) in [6, 6.07) is 7.42. The van der Waals surface area contributed by atoms with Crippen molar-refractivity contribution < 1.29 is 14.3 Å². The number of rotatable bonds is 3. The first-order valence-corrected chi connectivity index (χ1v) is 10.1. The molecule has 0 unspecified atom stereocenters. The number of carbonyl (C=O) groups is 1. The highest BCUT2D eigenvalue weighted by molar-refractivity contribution is 6.11. The van der Waals surface area contributed by atoms with Gasteiger partial charge in [-0.1, -0.05) is 18.2 Å². The van der Waals surface area contributed by atoms with E-state index in [1.54, 1.807) is 7.11 Å². The van der Waals surface area contributed by atoms with Crippen LogP contribution in [0.4, 0.5) is 5.95 Å². The zero-order chi connectivity index (χ0) is 20.7. The quantitative estimate of drug-likeness (QED) is 0.713. The molecule has 0 saturated carbocycles. The molecule has 8 nitrogen and oxygen atoms in total. The van der Waals surface area contributed by atoms with Crippen molar-refractivity contribution in [3.8, 4) is 16.9 Å². The van der Waals surface area contributed by atoms with Gasteiger partial charge in [0, 0.05) is 36.2 Å². The van der Waals surface area contributed by atoms with Crippen LogP contribution in [0.5, 0.6) is 5.75 Å². The maximum atomic E-state index is 13.3. The molecule has 1 N–H and O–H groups in total. The summed E-state index contributed by atoms with van der Waals surface area (Å²) in [6.45, 7) is 2.47. The number of H-pyrrole nitrogens is 1. The van der Waals surface area contributed by atoms with Gasteiger partial charge in [0.1, 0.15) is 5.75 Å². The first-order chi connectivity index (χ1) is 14.7. The van der Waals surface area contributed by atoms with E-state index in [9.17, 15) is 9.59 Å². The largest absolute Gasteiger partial charge is 0.496 e. The SMILES string of the molecule is COc1ccccc1-c1c2c(nc3nc(N4CCOCC4)[nH]c(=O)c13)CCCC2=O. The normalized spacial score (nSPS) is 16.6. The number of aromatic nitrogens is 3. The molecule has 0 amide bonds. The summed E-state index contributed by atoms with van der Waals surface area (Å²) in [7, 11) is 1.58. The van der Waals surface area contributed by atoms with Gasteiger partial charge in [0.2, 0.25) is 5.95 Å². The lowest BCUT2D eigenvalue weighted by Gasteiger charge is -2.27. The maximum absolute atomic E-state index is 13.3. The van der Waals surface area contributed by atoms with Crippen molar-refractivity contribution in [2.75, 3.05) is 38.3 Å². The Morgan fingerprint density at radius 3 is 2.67 bits per heavy atom. The Morgan fingerprint density at radius 2 is 1.87 bits per heavy atom. The monoisotopic (exact) mass is 406 g/mol. The summed E-state index contributed by atoms with van der Waals surface area (Å²) in [5.74, 6) is 1.09. The number of ketones is 1. The molecule has 30 heavy (non-hydrogen) atoms. The van der Waals surface area contributed by atoms with E-state index in [1.165, 1.54) is 0 Å². The van der Waals surface area contributed by atoms with Gasteiger partial charge >= 0.3 is 0 Å². The molecule has 1 saturated heterocycles. The van der Waals surface area contributed by atoms with E-state index in [0.29, 0.717) is 84.3 Å². The van der Waals surface area contributed by atoms with Crippen LogP contribution in [-0.4, -0.2) is 54.1 Å². The van der Waals surface area contributed by atoms with Gasteiger partial charge in [-0.3, -0.25) is 14.6 Å². The maximum Gasteiger partial charge on any atom is 0.262 e. The van der Waals surface area contributed by atoms with Crippen LogP contribution < -0.4 is 15.2 Å². The number of anilines is 1. The summed E-state index contributed by atoms with van der Waals surface area (Å²) in [5, 5.41) is 0.325. The first-order valence-electron chi connectivity index (χ1n) is 10.1. The number of pyridine rings is 1. The van der Waals surface area contributed by atoms with Crippen LogP contribution in [0.15, 0.2) is 29.1 Å². The molecule has 8 heteroatoms. The van der Waals surface area contributed by atoms with E-state index in [-0.39, 0.29) is 11.3 Å². The van der Waals surface area contributed by atoms with Crippen molar-refractivity contribution in [1.29, 1.82) is 0 Å². The van der Waals surface area contributed by atoms with Crippen molar-refractivity contribution in [3.05, 3.63) is 45.9 Å². The van der Waals surface area contributed by atoms with Crippen LogP contribution in [0.25, 0.3) is 22.2 Å². The van der Waals surface area contributed by atoms with Gasteiger partial charge in [0.25, 0.3) is 5.56 Å². The third kappa shape index (κ3) is 3.04. The number of Topliss-reactive ketones (excluding diaryl/α,β-unsaturated/α-hetero) is 1. The average molecular weight is 406 g/mol. The molecular weight excluding hydrogens is 384 g/mol. The second-order valence-electron chi connectivity index (χ2n) is 7.47. The molecule has 2 aromatic heterocycles. The molecule has 0 atom stereocenters. The molecule has 2 aliphatic rings. The summed E-state index contributed by atoms with van der Waals surface area (Å²) in [5.41, 5.74) is 2.53. The highest BCUT2D eigenvalue weighted by atomic mass is 16.5. The highest BCUT2D eigenvalue weighted by Crippen LogP contribution is 2.39. The Balaban J connectivity index is 1.83. The fraction of sp³-hybridized carbons (Fsp3) is 0.364. The standard InChI is InChI=1S/C22H22N4O4/c1-29-16-8-3-2-5-13(16)17-18-14(6-4-7-15(18)27)23-20-19(17)21(28)25-22(24-20)26-9-11-30-12-10-26/h2-3,5,8H,4,6-7,9-12H2,1H3,(H,23,24,25,28). The topological polar surface area (TPSA) is 97.4 Å². The lowest BCUT2D eigenvalue weighted by Crippen LogP contribution is -2.38. The van der Waals surface area contributed by atoms with E-state index in [0.717, 1.165) is 6.42 Å². The number of carbonyl (C=O) groups excluding carboxylic acids is 1. The molecular formula is C22H22N4O4. The Bertz CT molecular complexity index is 1200. The summed E-state index contributed by atoms with van der Waals surface area (Å²) in [6.07, 6.45) is 1.87. The number of nitrogens with zero attached hydrogens (tertiary/aromatic N) is 3. The smallest absolute Gasteiger partial charge is 0.262 e. The Labute approximate surface area is 172 Å². The van der Waals surface area contributed by atoms with Crippen LogP contribution in [0.1, 0.15) is 28.9 Å². The number of aromatic amines is 1. The number of morpholine rings is 1. The van der Waals surface area contributed by atoms with Crippen molar-refractivity contribution >= 4 is 22.8 Å². The molecule has 1 fully saturated rings. The number of aryl methyl sites for hydroxylation is 1. The minimum atomic E-state index is -0.309. The van der Waals surface area contributed by atoms with Gasteiger partial charge in [-0.2, -0.15) is 4.98 Å². The van der Waals surface area contributed by atoms with Crippen molar-refractivity contribution in [2.45, 2.75) is 19.3 Å². The number of hydrogen-bond acceptors (Lipinski definition) is 7. The van der Waals surface area contributed by atoms with Gasteiger partial charge in [-0.05, 0) is 18.9 Å².